The van der Waals surface area contributed by atoms with Gasteiger partial charge in [0, 0.05) is 5.56 Å². The lowest BCUT2D eigenvalue weighted by Crippen LogP contribution is -2.15. The minimum Gasteiger partial charge on any atom is -0.466 e. The maximum Gasteiger partial charge on any atom is 0.107 e. The summed E-state index contributed by atoms with van der Waals surface area (Å²) in [6, 6.07) is 0. The quantitative estimate of drug-likeness (QED) is 0.825. The zero-order chi connectivity index (χ0) is 11.0. The number of furan rings is 1. The summed E-state index contributed by atoms with van der Waals surface area (Å²) in [7, 11) is 0. The highest BCUT2D eigenvalue weighted by atomic mass is 16.3. The molecule has 0 amide bonds. The van der Waals surface area contributed by atoms with Gasteiger partial charge < -0.3 is 9.52 Å². The first kappa shape index (κ1) is 10.7. The smallest absolute Gasteiger partial charge is 0.107 e. The van der Waals surface area contributed by atoms with Gasteiger partial charge in [-0.3, -0.25) is 0 Å². The third kappa shape index (κ3) is 1.96. The van der Waals surface area contributed by atoms with Crippen LogP contribution in [0.4, 0.5) is 0 Å². The van der Waals surface area contributed by atoms with Crippen LogP contribution < -0.4 is 0 Å². The molecule has 1 aromatic heterocycles. The van der Waals surface area contributed by atoms with E-state index in [0.29, 0.717) is 0 Å². The molecule has 1 atom stereocenters. The Balaban J connectivity index is 2.12. The van der Waals surface area contributed by atoms with Gasteiger partial charge in [-0.1, -0.05) is 19.3 Å². The van der Waals surface area contributed by atoms with E-state index >= 15 is 0 Å². The van der Waals surface area contributed by atoms with Crippen LogP contribution in [0.15, 0.2) is 4.42 Å². The van der Waals surface area contributed by atoms with E-state index in [4.69, 9.17) is 4.42 Å². The first-order valence-corrected chi connectivity index (χ1v) is 5.84. The lowest BCUT2D eigenvalue weighted by Gasteiger charge is -2.27. The number of aryl methyl sites for hydroxylation is 2. The molecule has 15 heavy (non-hydrogen) atoms. The largest absolute Gasteiger partial charge is 0.466 e. The molecule has 0 radical (unpaired) electrons. The van der Waals surface area contributed by atoms with E-state index in [1.54, 1.807) is 0 Å². The van der Waals surface area contributed by atoms with Crippen molar-refractivity contribution in [2.75, 3.05) is 0 Å². The van der Waals surface area contributed by atoms with E-state index in [1.807, 2.05) is 20.8 Å². The van der Waals surface area contributed by atoms with E-state index < -0.39 is 0 Å². The maximum atomic E-state index is 10.2. The second kappa shape index (κ2) is 4.01. The summed E-state index contributed by atoms with van der Waals surface area (Å²) >= 11 is 0. The van der Waals surface area contributed by atoms with Crippen LogP contribution in [0.5, 0.6) is 0 Å². The number of rotatable bonds is 3. The van der Waals surface area contributed by atoms with Crippen molar-refractivity contribution < 1.29 is 9.52 Å². The highest BCUT2D eigenvalue weighted by molar-refractivity contribution is 5.33. The van der Waals surface area contributed by atoms with Crippen molar-refractivity contribution in [1.82, 2.24) is 0 Å². The molecule has 0 aromatic carbocycles. The average molecular weight is 208 g/mol. The SMILES string of the molecule is Cc1oc(C)c(C(O)CC2CCC2)c1C. The van der Waals surface area contributed by atoms with Gasteiger partial charge in [-0.05, 0) is 38.7 Å². The molecule has 1 aromatic rings. The molecule has 0 bridgehead atoms. The second-order valence-electron chi connectivity index (χ2n) is 4.80. The minimum absolute atomic E-state index is 0.326. The molecule has 2 rings (SSSR count). The zero-order valence-corrected chi connectivity index (χ0v) is 9.84. The summed E-state index contributed by atoms with van der Waals surface area (Å²) < 4.78 is 5.54. The van der Waals surface area contributed by atoms with Crippen LogP contribution in [0.2, 0.25) is 0 Å². The Morgan fingerprint density at radius 1 is 1.27 bits per heavy atom. The molecule has 0 spiro atoms. The Bertz CT molecular complexity index is 348. The molecule has 1 saturated carbocycles. The third-order valence-corrected chi connectivity index (χ3v) is 3.73. The predicted octanol–water partition coefficient (Wildman–Crippen LogP) is 3.43. The Labute approximate surface area is 91.3 Å². The van der Waals surface area contributed by atoms with Crippen LogP contribution in [-0.2, 0) is 0 Å². The Hall–Kier alpha value is -0.760. The number of hydrogen-bond acceptors (Lipinski definition) is 2. The lowest BCUT2D eigenvalue weighted by molar-refractivity contribution is 0.116. The number of aliphatic hydroxyl groups excluding tert-OH is 1. The van der Waals surface area contributed by atoms with Gasteiger partial charge >= 0.3 is 0 Å². The van der Waals surface area contributed by atoms with Crippen LogP contribution in [-0.4, -0.2) is 5.11 Å². The summed E-state index contributed by atoms with van der Waals surface area (Å²) in [5.74, 6) is 2.56. The van der Waals surface area contributed by atoms with Crippen molar-refractivity contribution in [2.45, 2.75) is 52.6 Å². The summed E-state index contributed by atoms with van der Waals surface area (Å²) in [6.45, 7) is 5.94. The summed E-state index contributed by atoms with van der Waals surface area (Å²) in [5.41, 5.74) is 2.15. The first-order chi connectivity index (χ1) is 7.09. The highest BCUT2D eigenvalue weighted by Gasteiger charge is 2.25. The fourth-order valence-electron chi connectivity index (χ4n) is 2.46. The highest BCUT2D eigenvalue weighted by Crippen LogP contribution is 2.37. The van der Waals surface area contributed by atoms with Crippen molar-refractivity contribution >= 4 is 0 Å². The molecule has 1 aliphatic rings. The van der Waals surface area contributed by atoms with Crippen molar-refractivity contribution in [3.05, 3.63) is 22.6 Å². The van der Waals surface area contributed by atoms with Gasteiger partial charge in [-0.2, -0.15) is 0 Å². The van der Waals surface area contributed by atoms with Crippen molar-refractivity contribution in [2.24, 2.45) is 5.92 Å². The van der Waals surface area contributed by atoms with E-state index in [2.05, 4.69) is 0 Å². The third-order valence-electron chi connectivity index (χ3n) is 3.73. The fraction of sp³-hybridized carbons (Fsp3) is 0.692. The van der Waals surface area contributed by atoms with Crippen LogP contribution in [0, 0.1) is 26.7 Å². The predicted molar refractivity (Wildman–Crippen MR) is 59.8 cm³/mol. The fourth-order valence-corrected chi connectivity index (χ4v) is 2.46. The van der Waals surface area contributed by atoms with Gasteiger partial charge in [0.05, 0.1) is 6.10 Å². The molecule has 2 heteroatoms. The molecule has 1 heterocycles. The van der Waals surface area contributed by atoms with Crippen LogP contribution in [0.1, 0.15) is 54.4 Å². The van der Waals surface area contributed by atoms with Gasteiger partial charge in [0.2, 0.25) is 0 Å². The van der Waals surface area contributed by atoms with E-state index in [9.17, 15) is 5.11 Å². The van der Waals surface area contributed by atoms with Gasteiger partial charge in [-0.15, -0.1) is 0 Å². The lowest BCUT2D eigenvalue weighted by atomic mass is 9.80. The molecular formula is C13H20O2. The molecule has 0 aliphatic heterocycles. The molecule has 0 saturated heterocycles. The van der Waals surface area contributed by atoms with E-state index in [1.165, 1.54) is 19.3 Å². The molecule has 1 fully saturated rings. The van der Waals surface area contributed by atoms with Gasteiger partial charge in [-0.25, -0.2) is 0 Å². The first-order valence-electron chi connectivity index (χ1n) is 5.84. The van der Waals surface area contributed by atoms with Gasteiger partial charge in [0.25, 0.3) is 0 Å². The molecule has 1 aliphatic carbocycles. The topological polar surface area (TPSA) is 33.4 Å². The maximum absolute atomic E-state index is 10.2. The molecular weight excluding hydrogens is 188 g/mol. The van der Waals surface area contributed by atoms with Crippen molar-refractivity contribution in [3.8, 4) is 0 Å². The summed E-state index contributed by atoms with van der Waals surface area (Å²) in [6.07, 6.45) is 4.48. The van der Waals surface area contributed by atoms with Crippen LogP contribution in [0.25, 0.3) is 0 Å². The second-order valence-corrected chi connectivity index (χ2v) is 4.80. The summed E-state index contributed by atoms with van der Waals surface area (Å²) in [4.78, 5) is 0. The summed E-state index contributed by atoms with van der Waals surface area (Å²) in [5, 5.41) is 10.2. The van der Waals surface area contributed by atoms with E-state index in [-0.39, 0.29) is 6.10 Å². The normalized spacial score (nSPS) is 18.9. The standard InChI is InChI=1S/C13H20O2/c1-8-9(2)15-10(3)13(8)12(14)7-11-5-4-6-11/h11-12,14H,4-7H2,1-3H3. The van der Waals surface area contributed by atoms with Crippen molar-refractivity contribution in [3.63, 3.8) is 0 Å². The molecule has 2 nitrogen and oxygen atoms in total. The monoisotopic (exact) mass is 208 g/mol. The number of aliphatic hydroxyl groups is 1. The Morgan fingerprint density at radius 2 is 1.93 bits per heavy atom. The Morgan fingerprint density at radius 3 is 2.33 bits per heavy atom. The molecule has 1 N–H and O–H groups in total. The number of hydrogen-bond donors (Lipinski definition) is 1. The zero-order valence-electron chi connectivity index (χ0n) is 9.84. The molecule has 84 valence electrons. The Kier molecular flexibility index (Phi) is 2.87. The van der Waals surface area contributed by atoms with Gasteiger partial charge in [0.15, 0.2) is 0 Å². The van der Waals surface area contributed by atoms with Crippen LogP contribution in [0.3, 0.4) is 0 Å². The van der Waals surface area contributed by atoms with Gasteiger partial charge in [0.1, 0.15) is 11.5 Å². The van der Waals surface area contributed by atoms with Crippen molar-refractivity contribution in [1.29, 1.82) is 0 Å². The van der Waals surface area contributed by atoms with E-state index in [0.717, 1.165) is 35.0 Å². The van der Waals surface area contributed by atoms with Crippen LogP contribution >= 0.6 is 0 Å². The average Bonchev–Trinajstić information content (AvgIpc) is 2.34. The molecule has 1 unspecified atom stereocenters. The minimum atomic E-state index is -0.326.